The lowest BCUT2D eigenvalue weighted by atomic mass is 9.53. The Hall–Kier alpha value is -2.33. The monoisotopic (exact) mass is 593 g/mol. The molecular weight excluding hydrogens is 546 g/mol. The molecule has 8 nitrogen and oxygen atoms in total. The number of nitrogens with zero attached hydrogens (tertiary/aromatic N) is 4. The Morgan fingerprint density at radius 3 is 2.50 bits per heavy atom. The lowest BCUT2D eigenvalue weighted by molar-refractivity contribution is -0.143. The molecule has 3 heterocycles. The van der Waals surface area contributed by atoms with Gasteiger partial charge >= 0.3 is 0 Å². The molecule has 5 unspecified atom stereocenters. The van der Waals surface area contributed by atoms with E-state index in [0.717, 1.165) is 83.6 Å². The Bertz CT molecular complexity index is 1280. The number of piperazine rings is 1. The first-order chi connectivity index (χ1) is 20.1. The maximum absolute atomic E-state index is 13.2. The molecule has 2 amide bonds. The third kappa shape index (κ3) is 5.77. The number of amides is 2. The standard InChI is InChI=1S/C33H47N5O3S/c1-21(31(41)38-13-5-6-14-38)25-11-12-33(3)19-26-28(22(2)27(33)29(25)39)34-32(42-26)35-30(40)24-9-7-23(8-10-24)20-37-17-15-36(4)16-18-37/h7-10,21-22,25,27,29,39H,5-6,11-20H2,1-4H3,(H,34,35,40)/t21?,22?,25?,27?,29?,33-/m1/s1. The number of likely N-dealkylation sites (N-methyl/N-ethyl adjacent to an activating group) is 1. The predicted molar refractivity (Wildman–Crippen MR) is 167 cm³/mol. The highest BCUT2D eigenvalue weighted by Crippen LogP contribution is 2.57. The summed E-state index contributed by atoms with van der Waals surface area (Å²) in [4.78, 5) is 39.3. The lowest BCUT2D eigenvalue weighted by Crippen LogP contribution is -2.53. The van der Waals surface area contributed by atoms with E-state index in [1.807, 2.05) is 24.0 Å². The summed E-state index contributed by atoms with van der Waals surface area (Å²) < 4.78 is 0. The summed E-state index contributed by atoms with van der Waals surface area (Å²) in [5.74, 6) is -0.0441. The summed E-state index contributed by atoms with van der Waals surface area (Å²) >= 11 is 1.58. The minimum Gasteiger partial charge on any atom is -0.392 e. The van der Waals surface area contributed by atoms with Crippen molar-refractivity contribution in [3.63, 3.8) is 0 Å². The number of likely N-dealkylation sites (tertiary alicyclic amines) is 1. The molecule has 1 saturated carbocycles. The van der Waals surface area contributed by atoms with Gasteiger partial charge in [-0.25, -0.2) is 4.98 Å². The molecule has 2 N–H and O–H groups in total. The van der Waals surface area contributed by atoms with Crippen LogP contribution in [0.25, 0.3) is 0 Å². The van der Waals surface area contributed by atoms with Gasteiger partial charge in [-0.2, -0.15) is 0 Å². The number of carbonyl (C=O) groups is 2. The van der Waals surface area contributed by atoms with Gasteiger partial charge in [-0.05, 0) is 74.1 Å². The van der Waals surface area contributed by atoms with Gasteiger partial charge in [-0.1, -0.05) is 32.9 Å². The van der Waals surface area contributed by atoms with Crippen LogP contribution in [0.15, 0.2) is 24.3 Å². The molecule has 4 aliphatic rings. The van der Waals surface area contributed by atoms with Gasteiger partial charge in [-0.15, -0.1) is 11.3 Å². The topological polar surface area (TPSA) is 89.0 Å². The van der Waals surface area contributed by atoms with E-state index in [1.165, 1.54) is 10.4 Å². The Kier molecular flexibility index (Phi) is 8.48. The number of fused-ring (bicyclic) bond motifs is 2. The number of hydrogen-bond acceptors (Lipinski definition) is 7. The van der Waals surface area contributed by atoms with Crippen molar-refractivity contribution in [2.45, 2.75) is 71.4 Å². The Morgan fingerprint density at radius 1 is 1.12 bits per heavy atom. The van der Waals surface area contributed by atoms with Crippen LogP contribution in [0.1, 0.15) is 78.9 Å². The van der Waals surface area contributed by atoms with Crippen molar-refractivity contribution in [2.24, 2.45) is 23.2 Å². The van der Waals surface area contributed by atoms with Crippen LogP contribution in [0.3, 0.4) is 0 Å². The number of carbonyl (C=O) groups excluding carboxylic acids is 2. The molecule has 1 aromatic heterocycles. The smallest absolute Gasteiger partial charge is 0.257 e. The molecule has 0 radical (unpaired) electrons. The van der Waals surface area contributed by atoms with E-state index < -0.39 is 6.10 Å². The fourth-order valence-electron chi connectivity index (χ4n) is 8.20. The third-order valence-corrected chi connectivity index (χ3v) is 11.8. The molecule has 9 heteroatoms. The van der Waals surface area contributed by atoms with E-state index in [-0.39, 0.29) is 40.9 Å². The van der Waals surface area contributed by atoms with Gasteiger partial charge in [0, 0.05) is 68.1 Å². The first-order valence-corrected chi connectivity index (χ1v) is 16.7. The van der Waals surface area contributed by atoms with E-state index in [9.17, 15) is 14.7 Å². The van der Waals surface area contributed by atoms with Crippen LogP contribution in [-0.4, -0.2) is 89.0 Å². The highest BCUT2D eigenvalue weighted by Gasteiger charge is 2.54. The van der Waals surface area contributed by atoms with Crippen LogP contribution < -0.4 is 5.32 Å². The summed E-state index contributed by atoms with van der Waals surface area (Å²) in [6, 6.07) is 7.93. The quantitative estimate of drug-likeness (QED) is 0.515. The van der Waals surface area contributed by atoms with Gasteiger partial charge in [0.15, 0.2) is 5.13 Å². The molecule has 0 spiro atoms. The number of aliphatic hydroxyl groups is 1. The van der Waals surface area contributed by atoms with E-state index in [1.54, 1.807) is 11.3 Å². The van der Waals surface area contributed by atoms with Crippen LogP contribution in [0.5, 0.6) is 0 Å². The van der Waals surface area contributed by atoms with Crippen LogP contribution in [-0.2, 0) is 17.8 Å². The number of benzene rings is 1. The molecule has 2 aliphatic heterocycles. The molecule has 2 aliphatic carbocycles. The first kappa shape index (κ1) is 29.7. The van der Waals surface area contributed by atoms with Gasteiger partial charge in [-0.3, -0.25) is 19.8 Å². The summed E-state index contributed by atoms with van der Waals surface area (Å²) in [6.07, 6.45) is 4.32. The zero-order valence-electron chi connectivity index (χ0n) is 25.6. The molecule has 6 atom stereocenters. The number of aromatic nitrogens is 1. The van der Waals surface area contributed by atoms with Crippen LogP contribution >= 0.6 is 11.3 Å². The minimum absolute atomic E-state index is 0.0304. The molecule has 42 heavy (non-hydrogen) atoms. The average molecular weight is 594 g/mol. The van der Waals surface area contributed by atoms with Crippen molar-refractivity contribution in [3.8, 4) is 0 Å². The van der Waals surface area contributed by atoms with Gasteiger partial charge < -0.3 is 14.9 Å². The average Bonchev–Trinajstić information content (AvgIpc) is 3.64. The molecule has 6 rings (SSSR count). The molecule has 0 bridgehead atoms. The van der Waals surface area contributed by atoms with Crippen molar-refractivity contribution in [2.75, 3.05) is 51.6 Å². The van der Waals surface area contributed by atoms with Crippen molar-refractivity contribution in [1.82, 2.24) is 19.7 Å². The second-order valence-corrected chi connectivity index (χ2v) is 14.8. The van der Waals surface area contributed by atoms with E-state index in [4.69, 9.17) is 4.98 Å². The predicted octanol–water partition coefficient (Wildman–Crippen LogP) is 4.45. The van der Waals surface area contributed by atoms with Crippen molar-refractivity contribution < 1.29 is 14.7 Å². The van der Waals surface area contributed by atoms with Crippen molar-refractivity contribution >= 4 is 28.3 Å². The molecule has 2 aromatic rings. The fraction of sp³-hybridized carbons (Fsp3) is 0.667. The Morgan fingerprint density at radius 2 is 1.81 bits per heavy atom. The van der Waals surface area contributed by atoms with Gasteiger partial charge in [0.1, 0.15) is 0 Å². The second kappa shape index (κ2) is 12.0. The number of rotatable bonds is 6. The maximum atomic E-state index is 13.2. The Balaban J connectivity index is 1.11. The fourth-order valence-corrected chi connectivity index (χ4v) is 9.46. The van der Waals surface area contributed by atoms with Crippen LogP contribution in [0.2, 0.25) is 0 Å². The minimum atomic E-state index is -0.544. The zero-order chi connectivity index (χ0) is 29.6. The SMILES string of the molecule is CC(C(=O)N1CCCC1)C1CC[C@]2(C)Cc3sc(NC(=O)c4ccc(CN5CCN(C)CC5)cc4)nc3C(C)C2C1O. The van der Waals surface area contributed by atoms with E-state index >= 15 is 0 Å². The zero-order valence-corrected chi connectivity index (χ0v) is 26.5. The number of anilines is 1. The van der Waals surface area contributed by atoms with Gasteiger partial charge in [0.2, 0.25) is 5.91 Å². The molecule has 2 saturated heterocycles. The number of aliphatic hydroxyl groups excluding tert-OH is 1. The normalized spacial score (nSPS) is 30.9. The second-order valence-electron chi connectivity index (χ2n) is 13.7. The van der Waals surface area contributed by atoms with Crippen LogP contribution in [0.4, 0.5) is 5.13 Å². The molecule has 3 fully saturated rings. The van der Waals surface area contributed by atoms with Gasteiger partial charge in [0.25, 0.3) is 5.91 Å². The molecule has 228 valence electrons. The molecule has 1 aromatic carbocycles. The lowest BCUT2D eigenvalue weighted by Gasteiger charge is -2.53. The number of nitrogens with one attached hydrogen (secondary N) is 1. The summed E-state index contributed by atoms with van der Waals surface area (Å²) in [5, 5.41) is 15.4. The summed E-state index contributed by atoms with van der Waals surface area (Å²) in [5.41, 5.74) is 2.80. The molecular formula is C33H47N5O3S. The summed E-state index contributed by atoms with van der Waals surface area (Å²) in [6.45, 7) is 13.4. The first-order valence-electron chi connectivity index (χ1n) is 15.9. The summed E-state index contributed by atoms with van der Waals surface area (Å²) in [7, 11) is 2.16. The van der Waals surface area contributed by atoms with E-state index in [2.05, 4.69) is 48.1 Å². The van der Waals surface area contributed by atoms with E-state index in [0.29, 0.717) is 10.7 Å². The number of hydrogen-bond donors (Lipinski definition) is 2. The maximum Gasteiger partial charge on any atom is 0.257 e. The highest BCUT2D eigenvalue weighted by atomic mass is 32.1. The van der Waals surface area contributed by atoms with Crippen molar-refractivity contribution in [1.29, 1.82) is 0 Å². The largest absolute Gasteiger partial charge is 0.392 e. The van der Waals surface area contributed by atoms with Crippen molar-refractivity contribution in [3.05, 3.63) is 46.0 Å². The van der Waals surface area contributed by atoms with Crippen LogP contribution in [0, 0.1) is 23.2 Å². The van der Waals surface area contributed by atoms with Gasteiger partial charge in [0.05, 0.1) is 11.8 Å². The number of thiazole rings is 1. The Labute approximate surface area is 254 Å². The third-order valence-electron chi connectivity index (χ3n) is 10.8. The highest BCUT2D eigenvalue weighted by molar-refractivity contribution is 7.15.